The third-order valence-corrected chi connectivity index (χ3v) is 3.94. The van der Waals surface area contributed by atoms with Crippen molar-refractivity contribution in [2.24, 2.45) is 7.05 Å². The molecule has 2 rings (SSSR count). The highest BCUT2D eigenvalue weighted by atomic mass is 16.5. The summed E-state index contributed by atoms with van der Waals surface area (Å²) in [6.07, 6.45) is 5.04. The third-order valence-electron chi connectivity index (χ3n) is 3.94. The van der Waals surface area contributed by atoms with Crippen molar-refractivity contribution in [1.29, 1.82) is 0 Å². The average molecular weight is 328 g/mol. The molecule has 1 amide bonds. The van der Waals surface area contributed by atoms with Crippen LogP contribution in [0, 0.1) is 6.92 Å². The van der Waals surface area contributed by atoms with Crippen molar-refractivity contribution in [1.82, 2.24) is 4.57 Å². The summed E-state index contributed by atoms with van der Waals surface area (Å²) in [7, 11) is 1.82. The van der Waals surface area contributed by atoms with E-state index in [0.29, 0.717) is 5.69 Å². The lowest BCUT2D eigenvalue weighted by molar-refractivity contribution is -0.118. The maximum atomic E-state index is 12.0. The van der Waals surface area contributed by atoms with E-state index in [4.69, 9.17) is 4.74 Å². The van der Waals surface area contributed by atoms with Crippen LogP contribution in [0.2, 0.25) is 0 Å². The molecule has 0 saturated carbocycles. The number of benzene rings is 1. The van der Waals surface area contributed by atoms with Gasteiger partial charge in [0, 0.05) is 25.0 Å². The highest BCUT2D eigenvalue weighted by Gasteiger charge is 2.10. The van der Waals surface area contributed by atoms with E-state index < -0.39 is 0 Å². The third kappa shape index (κ3) is 4.72. The molecule has 2 aromatic rings. The van der Waals surface area contributed by atoms with Crippen LogP contribution < -0.4 is 15.5 Å². The number of anilines is 1. The van der Waals surface area contributed by atoms with Gasteiger partial charge in [0.15, 0.2) is 12.4 Å². The molecular weight excluding hydrogens is 304 g/mol. The van der Waals surface area contributed by atoms with Gasteiger partial charge in [0.2, 0.25) is 5.43 Å². The first-order valence-electron chi connectivity index (χ1n) is 8.19. The van der Waals surface area contributed by atoms with E-state index in [0.717, 1.165) is 24.9 Å². The Labute approximate surface area is 142 Å². The van der Waals surface area contributed by atoms with Crippen molar-refractivity contribution in [2.45, 2.75) is 33.1 Å². The predicted octanol–water partition coefficient (Wildman–Crippen LogP) is 3.05. The van der Waals surface area contributed by atoms with E-state index >= 15 is 0 Å². The number of carbonyl (C=O) groups excluding carboxylic acids is 1. The Morgan fingerprint density at radius 1 is 1.21 bits per heavy atom. The average Bonchev–Trinajstić information content (AvgIpc) is 2.57. The molecule has 128 valence electrons. The highest BCUT2D eigenvalue weighted by Crippen LogP contribution is 2.13. The van der Waals surface area contributed by atoms with Gasteiger partial charge < -0.3 is 14.6 Å². The number of carbonyl (C=O) groups is 1. The molecular formula is C19H24N2O3. The summed E-state index contributed by atoms with van der Waals surface area (Å²) >= 11 is 0. The number of amides is 1. The van der Waals surface area contributed by atoms with E-state index in [1.165, 1.54) is 11.6 Å². The summed E-state index contributed by atoms with van der Waals surface area (Å²) in [4.78, 5) is 23.8. The van der Waals surface area contributed by atoms with Crippen LogP contribution in [0.1, 0.15) is 31.0 Å². The zero-order valence-electron chi connectivity index (χ0n) is 14.5. The smallest absolute Gasteiger partial charge is 0.262 e. The standard InChI is InChI=1S/C19H24N2O3/c1-4-5-6-15-7-9-16(10-8-15)20-18(23)13-24-19-14(2)21(3)12-11-17(19)22/h7-12H,4-6,13H2,1-3H3,(H,20,23). The second kappa shape index (κ2) is 8.34. The van der Waals surface area contributed by atoms with Crippen LogP contribution in [-0.4, -0.2) is 17.1 Å². The van der Waals surface area contributed by atoms with E-state index in [-0.39, 0.29) is 23.7 Å². The van der Waals surface area contributed by atoms with Gasteiger partial charge in [-0.2, -0.15) is 0 Å². The van der Waals surface area contributed by atoms with Gasteiger partial charge in [-0.1, -0.05) is 25.5 Å². The number of ether oxygens (including phenoxy) is 1. The molecule has 1 aromatic carbocycles. The summed E-state index contributed by atoms with van der Waals surface area (Å²) in [5.41, 5.74) is 2.45. The highest BCUT2D eigenvalue weighted by molar-refractivity contribution is 5.91. The maximum Gasteiger partial charge on any atom is 0.262 e. The fourth-order valence-corrected chi connectivity index (χ4v) is 2.35. The molecule has 0 unspecified atom stereocenters. The molecule has 5 nitrogen and oxygen atoms in total. The maximum absolute atomic E-state index is 12.0. The lowest BCUT2D eigenvalue weighted by atomic mass is 10.1. The van der Waals surface area contributed by atoms with Crippen molar-refractivity contribution in [2.75, 3.05) is 11.9 Å². The van der Waals surface area contributed by atoms with E-state index in [2.05, 4.69) is 12.2 Å². The second-order valence-electron chi connectivity index (χ2n) is 5.84. The zero-order chi connectivity index (χ0) is 17.5. The number of nitrogens with zero attached hydrogens (tertiary/aromatic N) is 1. The molecule has 1 aromatic heterocycles. The Bertz CT molecular complexity index is 748. The SMILES string of the molecule is CCCCc1ccc(NC(=O)COc2c(C)n(C)ccc2=O)cc1. The molecule has 24 heavy (non-hydrogen) atoms. The summed E-state index contributed by atoms with van der Waals surface area (Å²) in [5.74, 6) is -0.0772. The summed E-state index contributed by atoms with van der Waals surface area (Å²) < 4.78 is 7.20. The quantitative estimate of drug-likeness (QED) is 0.850. The number of unbranched alkanes of at least 4 members (excludes halogenated alkanes) is 1. The molecule has 0 saturated heterocycles. The van der Waals surface area contributed by atoms with Gasteiger partial charge in [0.05, 0.1) is 5.69 Å². The van der Waals surface area contributed by atoms with Crippen LogP contribution in [0.25, 0.3) is 0 Å². The van der Waals surface area contributed by atoms with E-state index in [9.17, 15) is 9.59 Å². The fourth-order valence-electron chi connectivity index (χ4n) is 2.35. The van der Waals surface area contributed by atoms with Gasteiger partial charge in [-0.05, 0) is 37.5 Å². The molecule has 0 aliphatic rings. The minimum Gasteiger partial charge on any atom is -0.478 e. The van der Waals surface area contributed by atoms with E-state index in [1.807, 2.05) is 31.3 Å². The number of hydrogen-bond acceptors (Lipinski definition) is 3. The summed E-state index contributed by atoms with van der Waals surface area (Å²) in [6.45, 7) is 3.75. The minimum atomic E-state index is -0.290. The Balaban J connectivity index is 1.92. The summed E-state index contributed by atoms with van der Waals surface area (Å²) in [5, 5.41) is 2.78. The number of hydrogen-bond donors (Lipinski definition) is 1. The number of aryl methyl sites for hydroxylation is 2. The molecule has 1 heterocycles. The van der Waals surface area contributed by atoms with Gasteiger partial charge in [0.1, 0.15) is 0 Å². The first-order valence-corrected chi connectivity index (χ1v) is 8.19. The first kappa shape index (κ1) is 17.8. The molecule has 0 aliphatic carbocycles. The lowest BCUT2D eigenvalue weighted by Gasteiger charge is -2.11. The Morgan fingerprint density at radius 2 is 1.92 bits per heavy atom. The van der Waals surface area contributed by atoms with Crippen LogP contribution in [0.4, 0.5) is 5.69 Å². The molecule has 0 fully saturated rings. The Morgan fingerprint density at radius 3 is 2.58 bits per heavy atom. The molecule has 5 heteroatoms. The zero-order valence-corrected chi connectivity index (χ0v) is 14.5. The van der Waals surface area contributed by atoms with Crippen molar-refractivity contribution in [3.8, 4) is 5.75 Å². The van der Waals surface area contributed by atoms with Gasteiger partial charge >= 0.3 is 0 Å². The van der Waals surface area contributed by atoms with Gasteiger partial charge in [-0.3, -0.25) is 9.59 Å². The normalized spacial score (nSPS) is 10.5. The van der Waals surface area contributed by atoms with Gasteiger partial charge in [-0.25, -0.2) is 0 Å². The van der Waals surface area contributed by atoms with Crippen molar-refractivity contribution in [3.63, 3.8) is 0 Å². The van der Waals surface area contributed by atoms with Crippen molar-refractivity contribution < 1.29 is 9.53 Å². The van der Waals surface area contributed by atoms with Crippen LogP contribution in [0.15, 0.2) is 41.3 Å². The van der Waals surface area contributed by atoms with Crippen LogP contribution >= 0.6 is 0 Å². The first-order chi connectivity index (χ1) is 11.5. The number of aromatic nitrogens is 1. The van der Waals surface area contributed by atoms with Gasteiger partial charge in [-0.15, -0.1) is 0 Å². The molecule has 0 aliphatic heterocycles. The number of rotatable bonds is 7. The van der Waals surface area contributed by atoms with Crippen LogP contribution in [-0.2, 0) is 18.3 Å². The van der Waals surface area contributed by atoms with Crippen LogP contribution in [0.3, 0.4) is 0 Å². The lowest BCUT2D eigenvalue weighted by Crippen LogP contribution is -2.23. The molecule has 0 bridgehead atoms. The largest absolute Gasteiger partial charge is 0.478 e. The monoisotopic (exact) mass is 328 g/mol. The minimum absolute atomic E-state index is 0.197. The number of pyridine rings is 1. The second-order valence-corrected chi connectivity index (χ2v) is 5.84. The number of nitrogens with one attached hydrogen (secondary N) is 1. The molecule has 0 atom stereocenters. The van der Waals surface area contributed by atoms with E-state index in [1.54, 1.807) is 17.7 Å². The Kier molecular flexibility index (Phi) is 6.18. The topological polar surface area (TPSA) is 60.3 Å². The fraction of sp³-hybridized carbons (Fsp3) is 0.368. The predicted molar refractivity (Wildman–Crippen MR) is 95.6 cm³/mol. The van der Waals surface area contributed by atoms with Crippen molar-refractivity contribution >= 4 is 11.6 Å². The van der Waals surface area contributed by atoms with Gasteiger partial charge in [0.25, 0.3) is 5.91 Å². The Hall–Kier alpha value is -2.56. The van der Waals surface area contributed by atoms with Crippen molar-refractivity contribution in [3.05, 3.63) is 58.0 Å². The van der Waals surface area contributed by atoms with Crippen LogP contribution in [0.5, 0.6) is 5.75 Å². The molecule has 0 spiro atoms. The molecule has 0 radical (unpaired) electrons. The molecule has 1 N–H and O–H groups in total. The summed E-state index contributed by atoms with van der Waals surface area (Å²) in [6, 6.07) is 9.23.